The maximum Gasteiger partial charge on any atom is 0.0566 e. The Morgan fingerprint density at radius 2 is 0.792 bits per heavy atom. The van der Waals surface area contributed by atoms with Crippen LogP contribution in [-0.2, 0) is 0 Å². The van der Waals surface area contributed by atoms with Gasteiger partial charge >= 0.3 is 0 Å². The molecule has 0 spiro atoms. The lowest BCUT2D eigenvalue weighted by Crippen LogP contribution is -1.92. The quantitative estimate of drug-likeness (QED) is 0.747. The van der Waals surface area contributed by atoms with Crippen molar-refractivity contribution in [2.24, 2.45) is 20.0 Å². The molecule has 2 aromatic heterocycles. The van der Waals surface area contributed by atoms with Gasteiger partial charge in [0.2, 0.25) is 0 Å². The third kappa shape index (κ3) is 5.15. The van der Waals surface area contributed by atoms with Crippen LogP contribution in [0.1, 0.15) is 35.6 Å². The molecule has 124 valence electrons. The van der Waals surface area contributed by atoms with Crippen LogP contribution in [0.15, 0.2) is 44.2 Å². The largest absolute Gasteiger partial charge is 0.353 e. The van der Waals surface area contributed by atoms with Crippen LogP contribution in [0.5, 0.6) is 0 Å². The Labute approximate surface area is 141 Å². The van der Waals surface area contributed by atoms with E-state index in [0.29, 0.717) is 0 Å². The molecule has 0 radical (unpaired) electrons. The first kappa shape index (κ1) is 16.1. The second kappa shape index (κ2) is 8.76. The molecule has 6 heteroatoms. The van der Waals surface area contributed by atoms with E-state index in [0.717, 1.165) is 61.8 Å². The van der Waals surface area contributed by atoms with Gasteiger partial charge in [-0.2, -0.15) is 0 Å². The van der Waals surface area contributed by atoms with Crippen LogP contribution in [-0.4, -0.2) is 61.0 Å². The van der Waals surface area contributed by atoms with E-state index in [-0.39, 0.29) is 0 Å². The summed E-state index contributed by atoms with van der Waals surface area (Å²) in [5.41, 5.74) is 3.99. The minimum Gasteiger partial charge on any atom is -0.353 e. The van der Waals surface area contributed by atoms with E-state index in [2.05, 4.69) is 29.9 Å². The number of hydrogen-bond acceptors (Lipinski definition) is 4. The van der Waals surface area contributed by atoms with Crippen molar-refractivity contribution in [1.29, 1.82) is 0 Å². The van der Waals surface area contributed by atoms with E-state index < -0.39 is 0 Å². The van der Waals surface area contributed by atoms with Gasteiger partial charge in [-0.05, 0) is 37.1 Å². The predicted molar refractivity (Wildman–Crippen MR) is 101 cm³/mol. The van der Waals surface area contributed by atoms with Gasteiger partial charge in [0, 0.05) is 51.0 Å². The second-order valence-corrected chi connectivity index (χ2v) is 5.59. The number of aromatic amines is 2. The molecule has 0 aliphatic carbocycles. The van der Waals surface area contributed by atoms with Crippen molar-refractivity contribution in [2.45, 2.75) is 12.8 Å². The molecule has 4 bridgehead atoms. The van der Waals surface area contributed by atoms with Crippen LogP contribution >= 0.6 is 0 Å². The number of rotatable bonds is 0. The highest BCUT2D eigenvalue weighted by Gasteiger charge is 1.95. The Balaban J connectivity index is 1.65. The third-order valence-electron chi connectivity index (χ3n) is 3.53. The standard InChI is InChI=1S/C18H22N6/c1-7-19-11-15-3-5-17(23-15)13-21-9-2-10-22-14-18-6-4-16(24-18)12-20-8-1/h3-6,11-14,23-24H,1-2,7-10H2. The zero-order chi connectivity index (χ0) is 16.5. The molecule has 6 nitrogen and oxygen atoms in total. The van der Waals surface area contributed by atoms with Gasteiger partial charge in [0.15, 0.2) is 0 Å². The fourth-order valence-electron chi connectivity index (χ4n) is 2.32. The SMILES string of the molecule is C1=NCCCN=Cc2ccc([nH]2)C=NCCCN=Cc2ccc1[nH]2. The lowest BCUT2D eigenvalue weighted by molar-refractivity contribution is 0.849. The van der Waals surface area contributed by atoms with E-state index in [4.69, 9.17) is 0 Å². The number of nitrogens with zero attached hydrogens (tertiary/aromatic N) is 4. The summed E-state index contributed by atoms with van der Waals surface area (Å²) in [5.74, 6) is 0. The molecular formula is C18H22N6. The van der Waals surface area contributed by atoms with Crippen molar-refractivity contribution in [3.63, 3.8) is 0 Å². The van der Waals surface area contributed by atoms with Crippen LogP contribution in [0.4, 0.5) is 0 Å². The average Bonchev–Trinajstić information content (AvgIpc) is 3.22. The van der Waals surface area contributed by atoms with Gasteiger partial charge in [-0.3, -0.25) is 20.0 Å². The zero-order valence-electron chi connectivity index (χ0n) is 13.7. The maximum atomic E-state index is 4.42. The Morgan fingerprint density at radius 1 is 0.500 bits per heavy atom. The smallest absolute Gasteiger partial charge is 0.0566 e. The zero-order valence-corrected chi connectivity index (χ0v) is 13.7. The molecule has 0 saturated carbocycles. The molecule has 3 heterocycles. The van der Waals surface area contributed by atoms with Crippen molar-refractivity contribution in [2.75, 3.05) is 26.2 Å². The molecule has 3 rings (SSSR count). The maximum absolute atomic E-state index is 4.42. The lowest BCUT2D eigenvalue weighted by atomic mass is 10.4. The highest BCUT2D eigenvalue weighted by Crippen LogP contribution is 1.99. The first-order chi connectivity index (χ1) is 11.9. The van der Waals surface area contributed by atoms with Crippen LogP contribution in [0.3, 0.4) is 0 Å². The van der Waals surface area contributed by atoms with Gasteiger partial charge in [0.25, 0.3) is 0 Å². The summed E-state index contributed by atoms with van der Waals surface area (Å²) in [6.07, 6.45) is 9.32. The molecule has 0 aromatic carbocycles. The fraction of sp³-hybridized carbons (Fsp3) is 0.333. The number of hydrogen-bond donors (Lipinski definition) is 2. The number of H-pyrrole nitrogens is 2. The van der Waals surface area contributed by atoms with Crippen LogP contribution in [0.25, 0.3) is 0 Å². The van der Waals surface area contributed by atoms with E-state index in [1.807, 2.05) is 49.1 Å². The topological polar surface area (TPSA) is 81.0 Å². The van der Waals surface area contributed by atoms with E-state index in [1.54, 1.807) is 0 Å². The summed E-state index contributed by atoms with van der Waals surface area (Å²) in [4.78, 5) is 24.2. The minimum atomic E-state index is 0.766. The van der Waals surface area contributed by atoms with Gasteiger partial charge in [-0.25, -0.2) is 0 Å². The molecular weight excluding hydrogens is 300 g/mol. The van der Waals surface area contributed by atoms with Crippen LogP contribution < -0.4 is 0 Å². The van der Waals surface area contributed by atoms with E-state index in [1.165, 1.54) is 0 Å². The van der Waals surface area contributed by atoms with Gasteiger partial charge in [-0.1, -0.05) is 0 Å². The molecule has 0 saturated heterocycles. The molecule has 0 unspecified atom stereocenters. The highest BCUT2D eigenvalue weighted by molar-refractivity contribution is 5.83. The normalized spacial score (nSPS) is 16.3. The lowest BCUT2D eigenvalue weighted by Gasteiger charge is -1.93. The summed E-state index contributed by atoms with van der Waals surface area (Å²) in [5, 5.41) is 0. The minimum absolute atomic E-state index is 0.766. The molecule has 0 atom stereocenters. The fourth-order valence-corrected chi connectivity index (χ4v) is 2.32. The molecule has 2 N–H and O–H groups in total. The first-order valence-electron chi connectivity index (χ1n) is 8.27. The average molecular weight is 322 g/mol. The number of aliphatic imine (C=N–C) groups is 4. The van der Waals surface area contributed by atoms with Crippen molar-refractivity contribution in [3.05, 3.63) is 47.0 Å². The van der Waals surface area contributed by atoms with Crippen LogP contribution in [0.2, 0.25) is 0 Å². The van der Waals surface area contributed by atoms with Gasteiger partial charge in [0.05, 0.1) is 22.8 Å². The molecule has 24 heavy (non-hydrogen) atoms. The number of nitrogens with one attached hydrogen (secondary N) is 2. The number of aromatic nitrogens is 2. The van der Waals surface area contributed by atoms with E-state index >= 15 is 0 Å². The summed E-state index contributed by atoms with van der Waals surface area (Å²) in [6, 6.07) is 8.05. The Bertz CT molecular complexity index is 626. The van der Waals surface area contributed by atoms with Gasteiger partial charge < -0.3 is 9.97 Å². The highest BCUT2D eigenvalue weighted by atomic mass is 14.8. The number of fused-ring (bicyclic) bond motifs is 4. The van der Waals surface area contributed by atoms with Gasteiger partial charge in [0.1, 0.15) is 0 Å². The molecule has 1 aliphatic heterocycles. The predicted octanol–water partition coefficient (Wildman–Crippen LogP) is 2.51. The molecule has 1 aliphatic rings. The van der Waals surface area contributed by atoms with Crippen molar-refractivity contribution in [3.8, 4) is 0 Å². The van der Waals surface area contributed by atoms with Crippen molar-refractivity contribution < 1.29 is 0 Å². The van der Waals surface area contributed by atoms with Crippen LogP contribution in [0, 0.1) is 0 Å². The van der Waals surface area contributed by atoms with Gasteiger partial charge in [-0.15, -0.1) is 0 Å². The Morgan fingerprint density at radius 3 is 1.08 bits per heavy atom. The summed E-state index contributed by atoms with van der Waals surface area (Å²) < 4.78 is 0. The monoisotopic (exact) mass is 322 g/mol. The summed E-state index contributed by atoms with van der Waals surface area (Å²) in [7, 11) is 0. The third-order valence-corrected chi connectivity index (χ3v) is 3.53. The van der Waals surface area contributed by atoms with Crippen molar-refractivity contribution in [1.82, 2.24) is 9.97 Å². The van der Waals surface area contributed by atoms with E-state index in [9.17, 15) is 0 Å². The second-order valence-electron chi connectivity index (χ2n) is 5.59. The molecule has 2 aromatic rings. The molecule has 0 amide bonds. The Kier molecular flexibility index (Phi) is 5.88. The Hall–Kier alpha value is -2.76. The first-order valence-corrected chi connectivity index (χ1v) is 8.27. The summed E-state index contributed by atoms with van der Waals surface area (Å²) in [6.45, 7) is 3.07. The van der Waals surface area contributed by atoms with Crippen molar-refractivity contribution >= 4 is 24.9 Å². The summed E-state index contributed by atoms with van der Waals surface area (Å²) >= 11 is 0. The molecule has 0 fully saturated rings.